The van der Waals surface area contributed by atoms with Gasteiger partial charge in [0, 0.05) is 8.99 Å². The van der Waals surface area contributed by atoms with E-state index in [0.717, 1.165) is 9.13 Å². The lowest BCUT2D eigenvalue weighted by Crippen LogP contribution is -2.17. The zero-order chi connectivity index (χ0) is 11.5. The Balaban J connectivity index is 2.84. The first-order valence-electron chi connectivity index (χ1n) is 4.88. The molecule has 1 rings (SSSR count). The Hall–Kier alpha value is -0.640. The number of hydrogen-bond donors (Lipinski definition) is 0. The molecular weight excluding hydrogens is 299 g/mol. The molecule has 0 atom stereocenters. The highest BCUT2D eigenvalue weighted by atomic mass is 127. The van der Waals surface area contributed by atoms with Crippen LogP contribution in [0.4, 0.5) is 0 Å². The predicted octanol–water partition coefficient (Wildman–Crippen LogP) is 3.92. The van der Waals surface area contributed by atoms with Crippen LogP contribution in [0, 0.1) is 8.99 Å². The van der Waals surface area contributed by atoms with E-state index in [1.54, 1.807) is 6.08 Å². The fraction of sp³-hybridized carbons (Fsp3) is 0.308. The van der Waals surface area contributed by atoms with Crippen molar-refractivity contribution in [2.75, 3.05) is 0 Å². The Morgan fingerprint density at radius 3 is 2.40 bits per heavy atom. The Morgan fingerprint density at radius 1 is 1.27 bits per heavy atom. The van der Waals surface area contributed by atoms with E-state index in [9.17, 15) is 4.79 Å². The standard InChI is InChI=1S/C13H15IO/c1-13(2,3)12(15)9-8-10-6-4-5-7-11(10)14/h4-9H,1-3H3/b9-8-. The molecule has 0 unspecified atom stereocenters. The normalized spacial score (nSPS) is 12.0. The van der Waals surface area contributed by atoms with Crippen LogP contribution in [0.15, 0.2) is 30.3 Å². The second-order valence-electron chi connectivity index (χ2n) is 4.47. The van der Waals surface area contributed by atoms with E-state index in [4.69, 9.17) is 0 Å². The Bertz CT molecular complexity index is 386. The topological polar surface area (TPSA) is 17.1 Å². The van der Waals surface area contributed by atoms with Gasteiger partial charge in [0.1, 0.15) is 0 Å². The monoisotopic (exact) mass is 314 g/mol. The van der Waals surface area contributed by atoms with Gasteiger partial charge in [0.25, 0.3) is 0 Å². The Morgan fingerprint density at radius 2 is 1.87 bits per heavy atom. The molecule has 0 N–H and O–H groups in total. The molecule has 80 valence electrons. The fourth-order valence-corrected chi connectivity index (χ4v) is 1.59. The van der Waals surface area contributed by atoms with Crippen molar-refractivity contribution in [1.82, 2.24) is 0 Å². The minimum Gasteiger partial charge on any atom is -0.294 e. The van der Waals surface area contributed by atoms with Crippen LogP contribution in [-0.4, -0.2) is 5.78 Å². The van der Waals surface area contributed by atoms with Crippen molar-refractivity contribution >= 4 is 34.5 Å². The Labute approximate surface area is 105 Å². The first kappa shape index (κ1) is 12.4. The molecule has 0 aliphatic heterocycles. The number of carbonyl (C=O) groups excluding carboxylic acids is 1. The molecule has 1 nitrogen and oxygen atoms in total. The van der Waals surface area contributed by atoms with E-state index in [0.29, 0.717) is 0 Å². The van der Waals surface area contributed by atoms with Crippen LogP contribution in [0.3, 0.4) is 0 Å². The largest absolute Gasteiger partial charge is 0.294 e. The highest BCUT2D eigenvalue weighted by Crippen LogP contribution is 2.17. The molecule has 0 saturated heterocycles. The van der Waals surface area contributed by atoms with Crippen molar-refractivity contribution in [1.29, 1.82) is 0 Å². The van der Waals surface area contributed by atoms with Crippen molar-refractivity contribution in [2.24, 2.45) is 5.41 Å². The lowest BCUT2D eigenvalue weighted by molar-refractivity contribution is -0.121. The minimum atomic E-state index is -0.295. The number of halogens is 1. The summed E-state index contributed by atoms with van der Waals surface area (Å²) in [5, 5.41) is 0. The molecule has 0 saturated carbocycles. The van der Waals surface area contributed by atoms with Crippen molar-refractivity contribution in [3.63, 3.8) is 0 Å². The van der Waals surface area contributed by atoms with Gasteiger partial charge in [-0.3, -0.25) is 4.79 Å². The number of carbonyl (C=O) groups is 1. The van der Waals surface area contributed by atoms with Crippen molar-refractivity contribution in [3.8, 4) is 0 Å². The number of rotatable bonds is 2. The zero-order valence-corrected chi connectivity index (χ0v) is 11.4. The molecule has 0 spiro atoms. The molecule has 0 aliphatic rings. The van der Waals surface area contributed by atoms with E-state index in [-0.39, 0.29) is 11.2 Å². The minimum absolute atomic E-state index is 0.155. The predicted molar refractivity (Wildman–Crippen MR) is 72.7 cm³/mol. The molecule has 0 bridgehead atoms. The van der Waals surface area contributed by atoms with Gasteiger partial charge in [-0.05, 0) is 40.3 Å². The van der Waals surface area contributed by atoms with E-state index in [1.807, 2.05) is 51.1 Å². The highest BCUT2D eigenvalue weighted by molar-refractivity contribution is 14.1. The zero-order valence-electron chi connectivity index (χ0n) is 9.25. The maximum absolute atomic E-state index is 11.7. The van der Waals surface area contributed by atoms with Gasteiger partial charge in [0.2, 0.25) is 0 Å². The van der Waals surface area contributed by atoms with Gasteiger partial charge in [-0.1, -0.05) is 45.0 Å². The van der Waals surface area contributed by atoms with Crippen LogP contribution in [0.25, 0.3) is 6.08 Å². The maximum Gasteiger partial charge on any atom is 0.161 e. The van der Waals surface area contributed by atoms with Gasteiger partial charge >= 0.3 is 0 Å². The smallest absolute Gasteiger partial charge is 0.161 e. The van der Waals surface area contributed by atoms with Crippen LogP contribution >= 0.6 is 22.6 Å². The van der Waals surface area contributed by atoms with Gasteiger partial charge < -0.3 is 0 Å². The molecule has 1 aromatic rings. The molecule has 1 aromatic carbocycles. The molecule has 0 fully saturated rings. The molecule has 15 heavy (non-hydrogen) atoms. The number of allylic oxidation sites excluding steroid dienone is 1. The summed E-state index contributed by atoms with van der Waals surface area (Å²) in [6.07, 6.45) is 3.55. The molecule has 0 aliphatic carbocycles. The molecule has 0 radical (unpaired) electrons. The fourth-order valence-electron chi connectivity index (χ4n) is 1.03. The van der Waals surface area contributed by atoms with E-state index >= 15 is 0 Å². The molecular formula is C13H15IO. The molecule has 0 aromatic heterocycles. The van der Waals surface area contributed by atoms with Gasteiger partial charge in [0.05, 0.1) is 0 Å². The Kier molecular flexibility index (Phi) is 4.08. The molecule has 2 heteroatoms. The third-order valence-electron chi connectivity index (χ3n) is 2.06. The van der Waals surface area contributed by atoms with Crippen molar-refractivity contribution in [3.05, 3.63) is 39.5 Å². The SMILES string of the molecule is CC(C)(C)C(=O)/C=C\c1ccccc1I. The van der Waals surface area contributed by atoms with E-state index in [1.165, 1.54) is 0 Å². The van der Waals surface area contributed by atoms with Crippen molar-refractivity contribution < 1.29 is 4.79 Å². The summed E-state index contributed by atoms with van der Waals surface area (Å²) in [5.41, 5.74) is 0.798. The second kappa shape index (κ2) is 4.92. The lowest BCUT2D eigenvalue weighted by Gasteiger charge is -2.12. The summed E-state index contributed by atoms with van der Waals surface area (Å²) in [5.74, 6) is 0.155. The molecule has 0 amide bonds. The average molecular weight is 314 g/mol. The summed E-state index contributed by atoms with van der Waals surface area (Å²) in [6.45, 7) is 5.78. The average Bonchev–Trinajstić information content (AvgIpc) is 2.14. The van der Waals surface area contributed by atoms with E-state index < -0.39 is 0 Å². The van der Waals surface area contributed by atoms with Crippen LogP contribution in [0.5, 0.6) is 0 Å². The summed E-state index contributed by atoms with van der Waals surface area (Å²) in [7, 11) is 0. The maximum atomic E-state index is 11.7. The summed E-state index contributed by atoms with van der Waals surface area (Å²) >= 11 is 2.27. The second-order valence-corrected chi connectivity index (χ2v) is 5.63. The van der Waals surface area contributed by atoms with Gasteiger partial charge in [-0.15, -0.1) is 0 Å². The summed E-state index contributed by atoms with van der Waals surface area (Å²) in [4.78, 5) is 11.7. The van der Waals surface area contributed by atoms with Crippen molar-refractivity contribution in [2.45, 2.75) is 20.8 Å². The third kappa shape index (κ3) is 3.78. The summed E-state index contributed by atoms with van der Waals surface area (Å²) < 4.78 is 1.16. The lowest BCUT2D eigenvalue weighted by atomic mass is 9.90. The van der Waals surface area contributed by atoms with Gasteiger partial charge in [-0.25, -0.2) is 0 Å². The van der Waals surface area contributed by atoms with Crippen LogP contribution in [0.2, 0.25) is 0 Å². The first-order chi connectivity index (χ1) is 6.91. The quantitative estimate of drug-likeness (QED) is 0.597. The van der Waals surface area contributed by atoms with Crippen LogP contribution < -0.4 is 0 Å². The van der Waals surface area contributed by atoms with Crippen LogP contribution in [0.1, 0.15) is 26.3 Å². The number of benzene rings is 1. The van der Waals surface area contributed by atoms with E-state index in [2.05, 4.69) is 22.6 Å². The van der Waals surface area contributed by atoms with Gasteiger partial charge in [0.15, 0.2) is 5.78 Å². The highest BCUT2D eigenvalue weighted by Gasteiger charge is 2.17. The summed E-state index contributed by atoms with van der Waals surface area (Å²) in [6, 6.07) is 8.00. The molecule has 0 heterocycles. The van der Waals surface area contributed by atoms with Gasteiger partial charge in [-0.2, -0.15) is 0 Å². The van der Waals surface area contributed by atoms with Crippen LogP contribution in [-0.2, 0) is 4.79 Å². The number of hydrogen-bond acceptors (Lipinski definition) is 1. The number of ketones is 1. The third-order valence-corrected chi connectivity index (χ3v) is 3.04. The first-order valence-corrected chi connectivity index (χ1v) is 5.96.